The van der Waals surface area contributed by atoms with Gasteiger partial charge in [0, 0.05) is 17.2 Å². The van der Waals surface area contributed by atoms with Gasteiger partial charge >= 0.3 is 5.97 Å². The largest absolute Gasteiger partial charge is 0.495 e. The zero-order valence-electron chi connectivity index (χ0n) is 12.7. The Balaban J connectivity index is 2.00. The molecule has 0 aromatic heterocycles. The van der Waals surface area contributed by atoms with E-state index in [0.717, 1.165) is 18.4 Å². The number of aromatic carboxylic acids is 1. The summed E-state index contributed by atoms with van der Waals surface area (Å²) in [6.07, 6.45) is 2.06. The van der Waals surface area contributed by atoms with Crippen LogP contribution in [-0.2, 0) is 0 Å². The van der Waals surface area contributed by atoms with Gasteiger partial charge in [-0.2, -0.15) is 0 Å². The van der Waals surface area contributed by atoms with Crippen molar-refractivity contribution in [2.45, 2.75) is 18.9 Å². The molecule has 118 valence electrons. The summed E-state index contributed by atoms with van der Waals surface area (Å²) >= 11 is 0. The first-order chi connectivity index (χ1) is 11.1. The molecule has 3 rings (SSSR count). The molecule has 1 aliphatic carbocycles. The zero-order chi connectivity index (χ0) is 16.4. The molecule has 1 fully saturated rings. The van der Waals surface area contributed by atoms with Crippen LogP contribution in [-0.4, -0.2) is 30.1 Å². The minimum atomic E-state index is -1.05. The molecular weight excluding hydrogens is 294 g/mol. The Kier molecular flexibility index (Phi) is 4.02. The Morgan fingerprint density at radius 2 is 1.91 bits per heavy atom. The van der Waals surface area contributed by atoms with Gasteiger partial charge in [-0.05, 0) is 36.6 Å². The highest BCUT2D eigenvalue weighted by Gasteiger charge is 2.24. The van der Waals surface area contributed by atoms with Crippen LogP contribution >= 0.6 is 0 Å². The molecule has 2 N–H and O–H groups in total. The van der Waals surface area contributed by atoms with E-state index in [9.17, 15) is 14.7 Å². The van der Waals surface area contributed by atoms with Crippen LogP contribution in [0.3, 0.4) is 0 Å². The summed E-state index contributed by atoms with van der Waals surface area (Å²) < 4.78 is 5.29. The second kappa shape index (κ2) is 6.12. The van der Waals surface area contributed by atoms with Gasteiger partial charge in [0.2, 0.25) is 0 Å². The minimum absolute atomic E-state index is 0.0952. The Hall–Kier alpha value is -2.82. The second-order valence-corrected chi connectivity index (χ2v) is 5.52. The summed E-state index contributed by atoms with van der Waals surface area (Å²) in [7, 11) is 1.44. The molecule has 1 aliphatic rings. The molecule has 0 aliphatic heterocycles. The van der Waals surface area contributed by atoms with Crippen LogP contribution in [0.4, 0.5) is 0 Å². The molecule has 2 aromatic carbocycles. The molecular formula is C18H17NO4. The number of nitrogens with one attached hydrogen (secondary N) is 1. The van der Waals surface area contributed by atoms with Crippen LogP contribution in [0.1, 0.15) is 33.6 Å². The molecule has 0 unspecified atom stereocenters. The molecule has 1 saturated carbocycles. The number of hydrogen-bond acceptors (Lipinski definition) is 3. The quantitative estimate of drug-likeness (QED) is 0.890. The van der Waals surface area contributed by atoms with Crippen molar-refractivity contribution in [2.75, 3.05) is 7.11 Å². The number of methoxy groups -OCH3 is 1. The third-order valence-corrected chi connectivity index (χ3v) is 3.80. The van der Waals surface area contributed by atoms with Crippen molar-refractivity contribution in [3.63, 3.8) is 0 Å². The third-order valence-electron chi connectivity index (χ3n) is 3.80. The number of carboxylic acids is 1. The van der Waals surface area contributed by atoms with E-state index in [1.54, 1.807) is 30.3 Å². The Morgan fingerprint density at radius 3 is 2.57 bits per heavy atom. The molecule has 0 saturated heterocycles. The fraction of sp³-hybridized carbons (Fsp3) is 0.222. The van der Waals surface area contributed by atoms with Crippen LogP contribution in [0.5, 0.6) is 5.75 Å². The average molecular weight is 311 g/mol. The van der Waals surface area contributed by atoms with Crippen molar-refractivity contribution in [3.05, 3.63) is 53.6 Å². The van der Waals surface area contributed by atoms with Crippen molar-refractivity contribution >= 4 is 11.9 Å². The van der Waals surface area contributed by atoms with Crippen LogP contribution in [0.25, 0.3) is 11.1 Å². The van der Waals surface area contributed by atoms with Crippen LogP contribution in [0, 0.1) is 0 Å². The number of carboxylic acid groups (broad SMARTS) is 1. The lowest BCUT2D eigenvalue weighted by molar-refractivity contribution is 0.0693. The maximum atomic E-state index is 12.2. The van der Waals surface area contributed by atoms with Crippen LogP contribution < -0.4 is 10.1 Å². The number of hydrogen-bond donors (Lipinski definition) is 2. The van der Waals surface area contributed by atoms with Crippen molar-refractivity contribution < 1.29 is 19.4 Å². The maximum Gasteiger partial charge on any atom is 0.339 e. The Morgan fingerprint density at radius 1 is 1.17 bits per heavy atom. The van der Waals surface area contributed by atoms with Crippen molar-refractivity contribution in [3.8, 4) is 16.9 Å². The predicted molar refractivity (Wildman–Crippen MR) is 85.9 cm³/mol. The van der Waals surface area contributed by atoms with Crippen LogP contribution in [0.2, 0.25) is 0 Å². The van der Waals surface area contributed by atoms with E-state index in [2.05, 4.69) is 5.32 Å². The van der Waals surface area contributed by atoms with E-state index >= 15 is 0 Å². The fourth-order valence-corrected chi connectivity index (χ4v) is 2.48. The predicted octanol–water partition coefficient (Wildman–Crippen LogP) is 2.95. The van der Waals surface area contributed by atoms with Gasteiger partial charge in [-0.3, -0.25) is 4.79 Å². The SMILES string of the molecule is COc1c(C(=O)O)cccc1-c1cccc(C(=O)NC2CC2)c1. The highest BCUT2D eigenvalue weighted by atomic mass is 16.5. The molecule has 5 heteroatoms. The highest BCUT2D eigenvalue weighted by molar-refractivity contribution is 5.97. The third kappa shape index (κ3) is 3.18. The van der Waals surface area contributed by atoms with E-state index in [0.29, 0.717) is 16.9 Å². The second-order valence-electron chi connectivity index (χ2n) is 5.52. The Bertz CT molecular complexity index is 765. The zero-order valence-corrected chi connectivity index (χ0v) is 12.7. The summed E-state index contributed by atoms with van der Waals surface area (Å²) in [4.78, 5) is 23.5. The van der Waals surface area contributed by atoms with E-state index < -0.39 is 5.97 Å². The molecule has 0 bridgehead atoms. The van der Waals surface area contributed by atoms with Gasteiger partial charge in [-0.15, -0.1) is 0 Å². The van der Waals surface area contributed by atoms with E-state index in [1.807, 2.05) is 6.07 Å². The molecule has 0 spiro atoms. The van der Waals surface area contributed by atoms with Gasteiger partial charge in [0.1, 0.15) is 11.3 Å². The molecule has 0 radical (unpaired) electrons. The maximum absolute atomic E-state index is 12.2. The van der Waals surface area contributed by atoms with E-state index in [-0.39, 0.29) is 17.5 Å². The molecule has 23 heavy (non-hydrogen) atoms. The molecule has 1 amide bonds. The topological polar surface area (TPSA) is 75.6 Å². The Labute approximate surface area is 133 Å². The van der Waals surface area contributed by atoms with Crippen LogP contribution in [0.15, 0.2) is 42.5 Å². The minimum Gasteiger partial charge on any atom is -0.495 e. The lowest BCUT2D eigenvalue weighted by Crippen LogP contribution is -2.25. The van der Waals surface area contributed by atoms with Crippen molar-refractivity contribution in [2.24, 2.45) is 0 Å². The molecule has 0 heterocycles. The van der Waals surface area contributed by atoms with Gasteiger partial charge in [0.15, 0.2) is 0 Å². The summed E-state index contributed by atoms with van der Waals surface area (Å²) in [5.41, 5.74) is 2.04. The number of para-hydroxylation sites is 1. The van der Waals surface area contributed by atoms with Gasteiger partial charge < -0.3 is 15.2 Å². The summed E-state index contributed by atoms with van der Waals surface area (Å²) in [6.45, 7) is 0. The lowest BCUT2D eigenvalue weighted by Gasteiger charge is -2.12. The summed E-state index contributed by atoms with van der Waals surface area (Å²) in [5, 5.41) is 12.2. The highest BCUT2D eigenvalue weighted by Crippen LogP contribution is 2.33. The van der Waals surface area contributed by atoms with Gasteiger partial charge in [0.05, 0.1) is 7.11 Å². The standard InChI is InChI=1S/C18H17NO4/c1-23-16-14(6-3-7-15(16)18(21)22)11-4-2-5-12(10-11)17(20)19-13-8-9-13/h2-7,10,13H,8-9H2,1H3,(H,19,20)(H,21,22). The summed E-state index contributed by atoms with van der Waals surface area (Å²) in [5.74, 6) is -0.867. The van der Waals surface area contributed by atoms with Gasteiger partial charge in [-0.25, -0.2) is 4.79 Å². The monoisotopic (exact) mass is 311 g/mol. The first-order valence-corrected chi connectivity index (χ1v) is 7.41. The lowest BCUT2D eigenvalue weighted by atomic mass is 9.99. The van der Waals surface area contributed by atoms with E-state index in [1.165, 1.54) is 13.2 Å². The van der Waals surface area contributed by atoms with E-state index in [4.69, 9.17) is 4.74 Å². The number of ether oxygens (including phenoxy) is 1. The first-order valence-electron chi connectivity index (χ1n) is 7.41. The van der Waals surface area contributed by atoms with Crippen molar-refractivity contribution in [1.29, 1.82) is 0 Å². The number of benzene rings is 2. The van der Waals surface area contributed by atoms with Crippen molar-refractivity contribution in [1.82, 2.24) is 5.32 Å². The molecule has 0 atom stereocenters. The number of rotatable bonds is 5. The normalized spacial score (nSPS) is 13.4. The van der Waals surface area contributed by atoms with Gasteiger partial charge in [-0.1, -0.05) is 24.3 Å². The molecule has 2 aromatic rings. The number of carbonyl (C=O) groups excluding carboxylic acids is 1. The molecule has 5 nitrogen and oxygen atoms in total. The average Bonchev–Trinajstić information content (AvgIpc) is 3.38. The summed E-state index contributed by atoms with van der Waals surface area (Å²) in [6, 6.07) is 12.3. The smallest absolute Gasteiger partial charge is 0.339 e. The first kappa shape index (κ1) is 15.1. The number of carbonyl (C=O) groups is 2. The van der Waals surface area contributed by atoms with Gasteiger partial charge in [0.25, 0.3) is 5.91 Å². The number of amides is 1. The fourth-order valence-electron chi connectivity index (χ4n) is 2.48.